The van der Waals surface area contributed by atoms with Gasteiger partial charge in [0.25, 0.3) is 0 Å². The molecule has 1 saturated heterocycles. The average molecular weight is 222 g/mol. The molecule has 1 spiro atoms. The van der Waals surface area contributed by atoms with Crippen LogP contribution in [0.2, 0.25) is 0 Å². The summed E-state index contributed by atoms with van der Waals surface area (Å²) in [6, 6.07) is 0.514. The lowest BCUT2D eigenvalue weighted by Gasteiger charge is -2.29. The molecule has 2 aliphatic carbocycles. The second-order valence-electron chi connectivity index (χ2n) is 5.93. The molecule has 3 atom stereocenters. The number of amides is 1. The number of nitrogens with one attached hydrogen (secondary N) is 1. The van der Waals surface area contributed by atoms with Crippen LogP contribution in [0.4, 0.5) is 0 Å². The van der Waals surface area contributed by atoms with Crippen molar-refractivity contribution >= 4 is 5.91 Å². The number of carbonyl (C=O) groups is 1. The van der Waals surface area contributed by atoms with Crippen LogP contribution in [0.25, 0.3) is 0 Å². The molecule has 3 nitrogen and oxygen atoms in total. The van der Waals surface area contributed by atoms with Crippen molar-refractivity contribution < 1.29 is 4.79 Å². The lowest BCUT2D eigenvalue weighted by Crippen LogP contribution is -2.43. The van der Waals surface area contributed by atoms with Crippen molar-refractivity contribution in [3.05, 3.63) is 0 Å². The predicted octanol–water partition coefficient (Wildman–Crippen LogP) is 1.88. The van der Waals surface area contributed by atoms with E-state index in [1.54, 1.807) is 0 Å². The first-order valence-electron chi connectivity index (χ1n) is 6.77. The van der Waals surface area contributed by atoms with Crippen LogP contribution < -0.4 is 5.32 Å². The molecule has 0 aromatic carbocycles. The maximum Gasteiger partial charge on any atom is 0.244 e. The Hall–Kier alpha value is -0.570. The number of hydrogen-bond donors (Lipinski definition) is 1. The van der Waals surface area contributed by atoms with Crippen LogP contribution in [-0.2, 0) is 4.79 Å². The van der Waals surface area contributed by atoms with E-state index in [1.807, 2.05) is 0 Å². The quantitative estimate of drug-likeness (QED) is 0.773. The van der Waals surface area contributed by atoms with Gasteiger partial charge in [0, 0.05) is 6.04 Å². The van der Waals surface area contributed by atoms with Gasteiger partial charge in [-0.25, -0.2) is 0 Å². The first-order valence-corrected chi connectivity index (χ1v) is 6.77. The Morgan fingerprint density at radius 2 is 2.19 bits per heavy atom. The van der Waals surface area contributed by atoms with E-state index in [-0.39, 0.29) is 5.54 Å². The van der Waals surface area contributed by atoms with Gasteiger partial charge < -0.3 is 4.90 Å². The summed E-state index contributed by atoms with van der Waals surface area (Å²) in [5, 5.41) is 3.56. The highest BCUT2D eigenvalue weighted by atomic mass is 16.2. The number of carbonyl (C=O) groups excluding carboxylic acids is 1. The standard InChI is InChI=1S/C13H22N2O/c1-3-11-14-13(6-7-13)12(16)15(11)10-5-4-9(2)8-10/h9-11,14H,3-8H2,1-2H3. The molecule has 3 aliphatic rings. The number of nitrogens with zero attached hydrogens (tertiary/aromatic N) is 1. The van der Waals surface area contributed by atoms with E-state index in [2.05, 4.69) is 24.1 Å². The fraction of sp³-hybridized carbons (Fsp3) is 0.923. The highest BCUT2D eigenvalue weighted by molar-refractivity contribution is 5.92. The van der Waals surface area contributed by atoms with Crippen molar-refractivity contribution in [1.29, 1.82) is 0 Å². The molecule has 0 radical (unpaired) electrons. The zero-order valence-corrected chi connectivity index (χ0v) is 10.3. The molecule has 3 fully saturated rings. The molecule has 0 aromatic rings. The Balaban J connectivity index is 1.79. The van der Waals surface area contributed by atoms with Gasteiger partial charge in [-0.05, 0) is 44.4 Å². The zero-order chi connectivity index (χ0) is 11.3. The highest BCUT2D eigenvalue weighted by Gasteiger charge is 2.60. The van der Waals surface area contributed by atoms with Gasteiger partial charge in [-0.3, -0.25) is 10.1 Å². The van der Waals surface area contributed by atoms with Crippen LogP contribution in [0.1, 0.15) is 52.4 Å². The number of hydrogen-bond acceptors (Lipinski definition) is 2. The summed E-state index contributed by atoms with van der Waals surface area (Å²) in [6.45, 7) is 4.49. The molecule has 1 N–H and O–H groups in total. The third-order valence-corrected chi connectivity index (χ3v) is 4.62. The van der Waals surface area contributed by atoms with Gasteiger partial charge in [0.1, 0.15) is 0 Å². The van der Waals surface area contributed by atoms with Crippen molar-refractivity contribution in [2.45, 2.75) is 70.1 Å². The lowest BCUT2D eigenvalue weighted by atomic mass is 10.1. The summed E-state index contributed by atoms with van der Waals surface area (Å²) in [5.74, 6) is 1.20. The monoisotopic (exact) mass is 222 g/mol. The molecular formula is C13H22N2O. The summed E-state index contributed by atoms with van der Waals surface area (Å²) in [6.07, 6.45) is 7.17. The maximum absolute atomic E-state index is 12.4. The van der Waals surface area contributed by atoms with Gasteiger partial charge in [0.05, 0.1) is 11.7 Å². The lowest BCUT2D eigenvalue weighted by molar-refractivity contribution is -0.133. The van der Waals surface area contributed by atoms with E-state index in [0.29, 0.717) is 18.1 Å². The van der Waals surface area contributed by atoms with Crippen LogP contribution in [0.3, 0.4) is 0 Å². The van der Waals surface area contributed by atoms with Gasteiger partial charge in [-0.2, -0.15) is 0 Å². The molecule has 0 bridgehead atoms. The largest absolute Gasteiger partial charge is 0.323 e. The van der Waals surface area contributed by atoms with Crippen molar-refractivity contribution in [2.24, 2.45) is 5.92 Å². The fourth-order valence-electron chi connectivity index (χ4n) is 3.47. The maximum atomic E-state index is 12.4. The second kappa shape index (κ2) is 3.46. The summed E-state index contributed by atoms with van der Waals surface area (Å²) < 4.78 is 0. The van der Waals surface area contributed by atoms with E-state index in [9.17, 15) is 4.79 Å². The van der Waals surface area contributed by atoms with Gasteiger partial charge in [-0.15, -0.1) is 0 Å². The molecule has 2 saturated carbocycles. The Bertz CT molecular complexity index is 311. The molecular weight excluding hydrogens is 200 g/mol. The summed E-state index contributed by atoms with van der Waals surface area (Å²) in [5.41, 5.74) is -0.119. The van der Waals surface area contributed by atoms with Crippen molar-refractivity contribution in [3.63, 3.8) is 0 Å². The first kappa shape index (κ1) is 10.6. The van der Waals surface area contributed by atoms with Gasteiger partial charge in [0.15, 0.2) is 0 Å². The van der Waals surface area contributed by atoms with Gasteiger partial charge >= 0.3 is 0 Å². The van der Waals surface area contributed by atoms with Crippen LogP contribution in [0.15, 0.2) is 0 Å². The Kier molecular flexibility index (Phi) is 2.29. The minimum absolute atomic E-state index is 0.119. The minimum atomic E-state index is -0.119. The van der Waals surface area contributed by atoms with Gasteiger partial charge in [0.2, 0.25) is 5.91 Å². The van der Waals surface area contributed by atoms with Gasteiger partial charge in [-0.1, -0.05) is 13.8 Å². The third-order valence-electron chi connectivity index (χ3n) is 4.62. The topological polar surface area (TPSA) is 32.3 Å². The van der Waals surface area contributed by atoms with E-state index in [1.165, 1.54) is 19.3 Å². The molecule has 1 amide bonds. The van der Waals surface area contributed by atoms with Crippen LogP contribution in [-0.4, -0.2) is 28.6 Å². The molecule has 1 heterocycles. The smallest absolute Gasteiger partial charge is 0.244 e. The van der Waals surface area contributed by atoms with Crippen molar-refractivity contribution in [2.75, 3.05) is 0 Å². The SMILES string of the molecule is CCC1NC2(CC2)C(=O)N1C1CCC(C)C1. The Labute approximate surface area is 97.6 Å². The summed E-state index contributed by atoms with van der Waals surface area (Å²) in [7, 11) is 0. The minimum Gasteiger partial charge on any atom is -0.323 e. The Morgan fingerprint density at radius 3 is 2.69 bits per heavy atom. The summed E-state index contributed by atoms with van der Waals surface area (Å²) >= 11 is 0. The normalized spacial score (nSPS) is 41.0. The Morgan fingerprint density at radius 1 is 1.44 bits per heavy atom. The summed E-state index contributed by atoms with van der Waals surface area (Å²) in [4.78, 5) is 14.6. The van der Waals surface area contributed by atoms with Crippen LogP contribution in [0, 0.1) is 5.92 Å². The number of rotatable bonds is 2. The zero-order valence-electron chi connectivity index (χ0n) is 10.3. The fourth-order valence-corrected chi connectivity index (χ4v) is 3.47. The average Bonchev–Trinajstić information content (AvgIpc) is 2.84. The molecule has 90 valence electrons. The molecule has 3 heteroatoms. The molecule has 3 rings (SSSR count). The molecule has 0 aromatic heterocycles. The van der Waals surface area contributed by atoms with E-state index < -0.39 is 0 Å². The first-order chi connectivity index (χ1) is 7.66. The molecule has 1 aliphatic heterocycles. The molecule has 16 heavy (non-hydrogen) atoms. The van der Waals surface area contributed by atoms with E-state index in [4.69, 9.17) is 0 Å². The van der Waals surface area contributed by atoms with E-state index >= 15 is 0 Å². The van der Waals surface area contributed by atoms with Crippen molar-refractivity contribution in [3.8, 4) is 0 Å². The predicted molar refractivity (Wildman–Crippen MR) is 62.8 cm³/mol. The third kappa shape index (κ3) is 1.41. The highest BCUT2D eigenvalue weighted by Crippen LogP contribution is 2.45. The van der Waals surface area contributed by atoms with Crippen LogP contribution >= 0.6 is 0 Å². The van der Waals surface area contributed by atoms with E-state index in [0.717, 1.165) is 25.2 Å². The molecule has 3 unspecified atom stereocenters. The second-order valence-corrected chi connectivity index (χ2v) is 5.93. The van der Waals surface area contributed by atoms with Crippen LogP contribution in [0.5, 0.6) is 0 Å². The van der Waals surface area contributed by atoms with Crippen molar-refractivity contribution in [1.82, 2.24) is 10.2 Å².